The van der Waals surface area contributed by atoms with Crippen molar-refractivity contribution in [3.05, 3.63) is 88.8 Å². The van der Waals surface area contributed by atoms with Crippen LogP contribution in [0.15, 0.2) is 66.9 Å². The fourth-order valence-corrected chi connectivity index (χ4v) is 3.55. The summed E-state index contributed by atoms with van der Waals surface area (Å²) in [4.78, 5) is 31.2. The summed E-state index contributed by atoms with van der Waals surface area (Å²) >= 11 is 5.90. The molecule has 2 aromatic carbocycles. The largest absolute Gasteiger partial charge is 0.340 e. The predicted molar refractivity (Wildman–Crippen MR) is 112 cm³/mol. The van der Waals surface area contributed by atoms with Crippen molar-refractivity contribution in [2.75, 3.05) is 6.54 Å². The average Bonchev–Trinajstić information content (AvgIpc) is 3.09. The van der Waals surface area contributed by atoms with Crippen molar-refractivity contribution >= 4 is 23.4 Å². The Bertz CT molecular complexity index is 1070. The molecule has 0 bridgehead atoms. The number of nitrogens with zero attached hydrogens (tertiary/aromatic N) is 2. The van der Waals surface area contributed by atoms with Gasteiger partial charge in [0.15, 0.2) is 0 Å². The van der Waals surface area contributed by atoms with Gasteiger partial charge in [0.25, 0.3) is 5.91 Å². The van der Waals surface area contributed by atoms with Gasteiger partial charge in [-0.3, -0.25) is 14.6 Å². The molecule has 152 valence electrons. The molecule has 1 unspecified atom stereocenters. The van der Waals surface area contributed by atoms with Crippen LogP contribution in [0.3, 0.4) is 0 Å². The molecule has 1 atom stereocenters. The van der Waals surface area contributed by atoms with Crippen molar-refractivity contribution in [1.82, 2.24) is 15.2 Å². The number of carbonyl (C=O) groups excluding carboxylic acids is 2. The monoisotopic (exact) mass is 423 g/mol. The molecule has 0 saturated carbocycles. The predicted octanol–water partition coefficient (Wildman–Crippen LogP) is 4.07. The highest BCUT2D eigenvalue weighted by atomic mass is 35.5. The van der Waals surface area contributed by atoms with Crippen LogP contribution in [-0.2, 0) is 11.3 Å². The first-order valence-electron chi connectivity index (χ1n) is 9.56. The van der Waals surface area contributed by atoms with Crippen LogP contribution in [0.5, 0.6) is 0 Å². The van der Waals surface area contributed by atoms with E-state index < -0.39 is 6.04 Å². The van der Waals surface area contributed by atoms with Crippen molar-refractivity contribution < 1.29 is 14.0 Å². The lowest BCUT2D eigenvalue weighted by Gasteiger charge is -2.17. The number of amides is 2. The lowest BCUT2D eigenvalue weighted by Crippen LogP contribution is -2.41. The van der Waals surface area contributed by atoms with Gasteiger partial charge < -0.3 is 10.2 Å². The van der Waals surface area contributed by atoms with E-state index in [1.54, 1.807) is 41.3 Å². The smallest absolute Gasteiger partial charge is 0.253 e. The second-order valence-electron chi connectivity index (χ2n) is 7.14. The van der Waals surface area contributed by atoms with Crippen molar-refractivity contribution in [3.8, 4) is 11.3 Å². The van der Waals surface area contributed by atoms with E-state index in [1.807, 2.05) is 12.1 Å². The summed E-state index contributed by atoms with van der Waals surface area (Å²) in [5, 5.41) is 3.43. The molecule has 1 aliphatic heterocycles. The Labute approximate surface area is 178 Å². The summed E-state index contributed by atoms with van der Waals surface area (Å²) in [5.74, 6) is -0.818. The second-order valence-corrected chi connectivity index (χ2v) is 7.58. The number of likely N-dealkylation sites (tertiary alicyclic amines) is 1. The molecular formula is C23H19ClFN3O2. The maximum absolute atomic E-state index is 13.4. The molecule has 1 aromatic heterocycles. The van der Waals surface area contributed by atoms with Crippen molar-refractivity contribution in [1.29, 1.82) is 0 Å². The van der Waals surface area contributed by atoms with E-state index in [0.29, 0.717) is 41.4 Å². The Balaban J connectivity index is 1.38. The Morgan fingerprint density at radius 1 is 1.17 bits per heavy atom. The molecule has 1 fully saturated rings. The molecule has 0 aliphatic carbocycles. The van der Waals surface area contributed by atoms with Crippen LogP contribution in [0, 0.1) is 5.82 Å². The topological polar surface area (TPSA) is 62.3 Å². The quantitative estimate of drug-likeness (QED) is 0.672. The van der Waals surface area contributed by atoms with Crippen molar-refractivity contribution in [3.63, 3.8) is 0 Å². The molecule has 0 spiro atoms. The van der Waals surface area contributed by atoms with Gasteiger partial charge >= 0.3 is 0 Å². The first-order chi connectivity index (χ1) is 14.5. The Kier molecular flexibility index (Phi) is 5.77. The zero-order valence-electron chi connectivity index (χ0n) is 16.0. The summed E-state index contributed by atoms with van der Waals surface area (Å²) in [6, 6.07) is 16.2. The standard InChI is InChI=1S/C23H19ClFN3O2/c24-18-7-4-15(5-8-18)14-28-11-10-21(23(28)30)27-22(29)17-6-9-20(26-13-17)16-2-1-3-19(25)12-16/h1-9,12-13,21H,10-11,14H2,(H,27,29). The summed E-state index contributed by atoms with van der Waals surface area (Å²) in [7, 11) is 0. The lowest BCUT2D eigenvalue weighted by molar-refractivity contribution is -0.129. The van der Waals surface area contributed by atoms with E-state index in [0.717, 1.165) is 5.56 Å². The number of aromatic nitrogens is 1. The van der Waals surface area contributed by atoms with Crippen LogP contribution in [0.2, 0.25) is 5.02 Å². The van der Waals surface area contributed by atoms with Crippen LogP contribution < -0.4 is 5.32 Å². The maximum Gasteiger partial charge on any atom is 0.253 e. The van der Waals surface area contributed by atoms with Crippen LogP contribution in [0.25, 0.3) is 11.3 Å². The Morgan fingerprint density at radius 3 is 2.67 bits per heavy atom. The summed E-state index contributed by atoms with van der Waals surface area (Å²) < 4.78 is 13.4. The highest BCUT2D eigenvalue weighted by Gasteiger charge is 2.32. The zero-order valence-corrected chi connectivity index (χ0v) is 16.8. The number of pyridine rings is 1. The summed E-state index contributed by atoms with van der Waals surface area (Å²) in [6.07, 6.45) is 1.98. The third-order valence-electron chi connectivity index (χ3n) is 5.04. The first kappa shape index (κ1) is 20.0. The molecule has 4 rings (SSSR count). The molecule has 30 heavy (non-hydrogen) atoms. The number of hydrogen-bond donors (Lipinski definition) is 1. The Hall–Kier alpha value is -3.25. The van der Waals surface area contributed by atoms with E-state index in [9.17, 15) is 14.0 Å². The van der Waals surface area contributed by atoms with Gasteiger partial charge in [0.1, 0.15) is 11.9 Å². The molecule has 7 heteroatoms. The molecule has 1 saturated heterocycles. The lowest BCUT2D eigenvalue weighted by atomic mass is 10.1. The highest BCUT2D eigenvalue weighted by molar-refractivity contribution is 6.30. The number of rotatable bonds is 5. The van der Waals surface area contributed by atoms with Crippen LogP contribution in [0.4, 0.5) is 4.39 Å². The average molecular weight is 424 g/mol. The molecule has 3 aromatic rings. The van der Waals surface area contributed by atoms with Crippen molar-refractivity contribution in [2.24, 2.45) is 0 Å². The summed E-state index contributed by atoms with van der Waals surface area (Å²) in [5.41, 5.74) is 2.53. The van der Waals surface area contributed by atoms with E-state index in [1.165, 1.54) is 18.3 Å². The third kappa shape index (κ3) is 4.49. The van der Waals surface area contributed by atoms with Gasteiger partial charge in [-0.25, -0.2) is 4.39 Å². The van der Waals surface area contributed by atoms with Gasteiger partial charge in [0.2, 0.25) is 5.91 Å². The zero-order chi connectivity index (χ0) is 21.1. The maximum atomic E-state index is 13.4. The third-order valence-corrected chi connectivity index (χ3v) is 5.29. The first-order valence-corrected chi connectivity index (χ1v) is 9.93. The van der Waals surface area contributed by atoms with Crippen molar-refractivity contribution in [2.45, 2.75) is 19.0 Å². The minimum Gasteiger partial charge on any atom is -0.340 e. The number of hydrogen-bond acceptors (Lipinski definition) is 3. The normalized spacial score (nSPS) is 16.0. The van der Waals surface area contributed by atoms with Crippen LogP contribution in [0.1, 0.15) is 22.3 Å². The van der Waals surface area contributed by atoms with E-state index in [2.05, 4.69) is 10.3 Å². The highest BCUT2D eigenvalue weighted by Crippen LogP contribution is 2.19. The van der Waals surface area contributed by atoms with E-state index in [4.69, 9.17) is 11.6 Å². The number of nitrogens with one attached hydrogen (secondary N) is 1. The molecule has 1 aliphatic rings. The van der Waals surface area contributed by atoms with Gasteiger partial charge in [0, 0.05) is 29.9 Å². The minimum atomic E-state index is -0.562. The molecule has 2 amide bonds. The van der Waals surface area contributed by atoms with Gasteiger partial charge in [-0.05, 0) is 48.4 Å². The summed E-state index contributed by atoms with van der Waals surface area (Å²) in [6.45, 7) is 1.05. The fraction of sp³-hybridized carbons (Fsp3) is 0.174. The minimum absolute atomic E-state index is 0.109. The number of halogens is 2. The molecular weight excluding hydrogens is 405 g/mol. The fourth-order valence-electron chi connectivity index (χ4n) is 3.43. The van der Waals surface area contributed by atoms with E-state index in [-0.39, 0.29) is 17.6 Å². The van der Waals surface area contributed by atoms with Gasteiger partial charge in [-0.15, -0.1) is 0 Å². The second kappa shape index (κ2) is 8.63. The number of benzene rings is 2. The van der Waals surface area contributed by atoms with Crippen LogP contribution in [-0.4, -0.2) is 34.3 Å². The van der Waals surface area contributed by atoms with Gasteiger partial charge in [-0.1, -0.05) is 35.9 Å². The SMILES string of the molecule is O=C(NC1CCN(Cc2ccc(Cl)cc2)C1=O)c1ccc(-c2cccc(F)c2)nc1. The van der Waals surface area contributed by atoms with Gasteiger partial charge in [-0.2, -0.15) is 0 Å². The van der Waals surface area contributed by atoms with Gasteiger partial charge in [0.05, 0.1) is 11.3 Å². The molecule has 2 heterocycles. The Morgan fingerprint density at radius 2 is 1.97 bits per heavy atom. The number of carbonyl (C=O) groups is 2. The van der Waals surface area contributed by atoms with E-state index >= 15 is 0 Å². The van der Waals surface area contributed by atoms with Crippen LogP contribution >= 0.6 is 11.6 Å². The molecule has 5 nitrogen and oxygen atoms in total. The molecule has 0 radical (unpaired) electrons. The molecule has 1 N–H and O–H groups in total.